The highest BCUT2D eigenvalue weighted by molar-refractivity contribution is 9.10. The average molecular weight is 315 g/mol. The van der Waals surface area contributed by atoms with Crippen molar-refractivity contribution in [2.45, 2.75) is 32.0 Å². The van der Waals surface area contributed by atoms with Crippen molar-refractivity contribution < 1.29 is 9.72 Å². The van der Waals surface area contributed by atoms with Crippen LogP contribution in [0.2, 0.25) is 0 Å². The van der Waals surface area contributed by atoms with E-state index in [1.165, 1.54) is 6.07 Å². The molecule has 18 heavy (non-hydrogen) atoms. The number of hydrogen-bond donors (Lipinski definition) is 1. The summed E-state index contributed by atoms with van der Waals surface area (Å²) in [5, 5.41) is 13.5. The van der Waals surface area contributed by atoms with Crippen LogP contribution in [0.1, 0.15) is 24.5 Å². The number of benzene rings is 1. The lowest BCUT2D eigenvalue weighted by atomic mass is 10.1. The fourth-order valence-electron chi connectivity index (χ4n) is 1.45. The highest BCUT2D eigenvalue weighted by atomic mass is 79.9. The Hall–Kier alpha value is -1.43. The van der Waals surface area contributed by atoms with E-state index in [-0.39, 0.29) is 22.1 Å². The zero-order valence-corrected chi connectivity index (χ0v) is 12.1. The number of carbonyl (C=O) groups excluding carboxylic acids is 1. The minimum Gasteiger partial charge on any atom is -0.319 e. The molecule has 1 unspecified atom stereocenters. The Balaban J connectivity index is 3.11. The lowest BCUT2D eigenvalue weighted by Crippen LogP contribution is -2.22. The lowest BCUT2D eigenvalue weighted by molar-refractivity contribution is -0.384. The van der Waals surface area contributed by atoms with Gasteiger partial charge < -0.3 is 5.32 Å². The molecule has 0 radical (unpaired) electrons. The molecule has 0 saturated heterocycles. The number of nitrogens with zero attached hydrogens (tertiary/aromatic N) is 1. The lowest BCUT2D eigenvalue weighted by Gasteiger charge is -2.11. The Morgan fingerprint density at radius 1 is 1.44 bits per heavy atom. The maximum Gasteiger partial charge on any atom is 0.293 e. The second kappa shape index (κ2) is 5.95. The first-order valence-electron chi connectivity index (χ1n) is 5.57. The largest absolute Gasteiger partial charge is 0.319 e. The molecule has 5 nitrogen and oxygen atoms in total. The van der Waals surface area contributed by atoms with Crippen LogP contribution in [0.25, 0.3) is 0 Å². The average Bonchev–Trinajstić information content (AvgIpc) is 2.31. The summed E-state index contributed by atoms with van der Waals surface area (Å²) in [5.41, 5.74) is 1.89. The summed E-state index contributed by atoms with van der Waals surface area (Å²) < 4.78 is 0. The quantitative estimate of drug-likeness (QED) is 0.526. The summed E-state index contributed by atoms with van der Waals surface area (Å²) in [6.07, 6.45) is 0.616. The van der Waals surface area contributed by atoms with Crippen LogP contribution in [-0.2, 0) is 4.79 Å². The third-order valence-corrected chi connectivity index (χ3v) is 3.77. The number of aryl methyl sites for hydroxylation is 2. The number of nitrogens with one attached hydrogen (secondary N) is 1. The molecule has 1 N–H and O–H groups in total. The minimum absolute atomic E-state index is 0.0812. The smallest absolute Gasteiger partial charge is 0.293 e. The second-order valence-corrected chi connectivity index (χ2v) is 5.18. The van der Waals surface area contributed by atoms with Crippen molar-refractivity contribution in [3.8, 4) is 0 Å². The third kappa shape index (κ3) is 3.29. The Morgan fingerprint density at radius 3 is 2.50 bits per heavy atom. The number of halogens is 1. The first-order chi connectivity index (χ1) is 8.36. The van der Waals surface area contributed by atoms with Crippen LogP contribution in [0.5, 0.6) is 0 Å². The number of hydrogen-bond acceptors (Lipinski definition) is 3. The maximum atomic E-state index is 11.7. The first-order valence-corrected chi connectivity index (χ1v) is 6.49. The Kier molecular flexibility index (Phi) is 4.84. The number of alkyl halides is 1. The van der Waals surface area contributed by atoms with Gasteiger partial charge >= 0.3 is 0 Å². The van der Waals surface area contributed by atoms with Gasteiger partial charge in [-0.05, 0) is 37.5 Å². The van der Waals surface area contributed by atoms with Gasteiger partial charge in [-0.3, -0.25) is 14.9 Å². The van der Waals surface area contributed by atoms with Gasteiger partial charge in [0.05, 0.1) is 9.75 Å². The van der Waals surface area contributed by atoms with Gasteiger partial charge in [0.2, 0.25) is 5.91 Å². The minimum atomic E-state index is -0.489. The number of anilines is 1. The molecule has 1 aromatic rings. The van der Waals surface area contributed by atoms with Gasteiger partial charge in [-0.2, -0.15) is 0 Å². The summed E-state index contributed by atoms with van der Waals surface area (Å²) in [7, 11) is 0. The molecule has 1 amide bonds. The summed E-state index contributed by atoms with van der Waals surface area (Å²) in [5.74, 6) is -0.274. The molecule has 0 aromatic heterocycles. The molecule has 0 heterocycles. The molecule has 0 fully saturated rings. The van der Waals surface area contributed by atoms with Gasteiger partial charge in [0.1, 0.15) is 5.69 Å². The van der Waals surface area contributed by atoms with E-state index in [4.69, 9.17) is 0 Å². The zero-order valence-electron chi connectivity index (χ0n) is 10.5. The van der Waals surface area contributed by atoms with Crippen molar-refractivity contribution in [1.82, 2.24) is 0 Å². The van der Waals surface area contributed by atoms with Crippen LogP contribution in [0, 0.1) is 24.0 Å². The molecule has 0 aliphatic rings. The number of amides is 1. The first kappa shape index (κ1) is 14.6. The number of rotatable bonds is 4. The number of carbonyl (C=O) groups is 1. The summed E-state index contributed by atoms with van der Waals surface area (Å²) in [6.45, 7) is 5.50. The molecule has 0 aliphatic carbocycles. The van der Waals surface area contributed by atoms with Gasteiger partial charge in [0, 0.05) is 6.07 Å². The van der Waals surface area contributed by atoms with Crippen molar-refractivity contribution in [3.63, 3.8) is 0 Å². The van der Waals surface area contributed by atoms with Crippen molar-refractivity contribution in [1.29, 1.82) is 0 Å². The number of nitro groups is 1. The van der Waals surface area contributed by atoms with E-state index in [0.29, 0.717) is 6.42 Å². The normalized spacial score (nSPS) is 12.0. The molecule has 98 valence electrons. The van der Waals surface area contributed by atoms with Crippen LogP contribution in [0.3, 0.4) is 0 Å². The standard InChI is InChI=1S/C12H15BrN2O3/c1-4-9(13)12(16)14-10-5-7(2)8(3)6-11(10)15(17)18/h5-6,9H,4H2,1-3H3,(H,14,16). The molecule has 0 bridgehead atoms. The molecule has 1 aromatic carbocycles. The van der Waals surface area contributed by atoms with E-state index in [9.17, 15) is 14.9 Å². The fraction of sp³-hybridized carbons (Fsp3) is 0.417. The van der Waals surface area contributed by atoms with E-state index < -0.39 is 4.92 Å². The van der Waals surface area contributed by atoms with Crippen LogP contribution in [0.15, 0.2) is 12.1 Å². The van der Waals surface area contributed by atoms with E-state index in [2.05, 4.69) is 21.2 Å². The molecule has 0 saturated carbocycles. The van der Waals surface area contributed by atoms with Gasteiger partial charge in [0.25, 0.3) is 5.69 Å². The van der Waals surface area contributed by atoms with Crippen molar-refractivity contribution in [2.24, 2.45) is 0 Å². The predicted octanol–water partition coefficient (Wildman–Crippen LogP) is 3.32. The Morgan fingerprint density at radius 2 is 2.00 bits per heavy atom. The summed E-state index contributed by atoms with van der Waals surface area (Å²) >= 11 is 3.21. The van der Waals surface area contributed by atoms with Crippen LogP contribution < -0.4 is 5.32 Å². The topological polar surface area (TPSA) is 72.2 Å². The Bertz CT molecular complexity index is 488. The second-order valence-electron chi connectivity index (χ2n) is 4.08. The Labute approximate surface area is 114 Å². The molecule has 0 aliphatic heterocycles. The van der Waals surface area contributed by atoms with Crippen LogP contribution in [0.4, 0.5) is 11.4 Å². The molecule has 1 atom stereocenters. The van der Waals surface area contributed by atoms with E-state index in [1.54, 1.807) is 13.0 Å². The summed E-state index contributed by atoms with van der Waals surface area (Å²) in [6, 6.07) is 3.10. The van der Waals surface area contributed by atoms with Crippen molar-refractivity contribution >= 4 is 33.2 Å². The highest BCUT2D eigenvalue weighted by Crippen LogP contribution is 2.28. The van der Waals surface area contributed by atoms with Crippen molar-refractivity contribution in [2.75, 3.05) is 5.32 Å². The van der Waals surface area contributed by atoms with Gasteiger partial charge in [-0.15, -0.1) is 0 Å². The monoisotopic (exact) mass is 314 g/mol. The maximum absolute atomic E-state index is 11.7. The van der Waals surface area contributed by atoms with Crippen molar-refractivity contribution in [3.05, 3.63) is 33.4 Å². The molecule has 1 rings (SSSR count). The summed E-state index contributed by atoms with van der Waals surface area (Å²) in [4.78, 5) is 21.8. The van der Waals surface area contributed by atoms with Crippen LogP contribution >= 0.6 is 15.9 Å². The van der Waals surface area contributed by atoms with E-state index in [0.717, 1.165) is 11.1 Å². The SMILES string of the molecule is CCC(Br)C(=O)Nc1cc(C)c(C)cc1[N+](=O)[O-]. The molecular formula is C12H15BrN2O3. The highest BCUT2D eigenvalue weighted by Gasteiger charge is 2.20. The van der Waals surface area contributed by atoms with E-state index in [1.807, 2.05) is 13.8 Å². The van der Waals surface area contributed by atoms with Gasteiger partial charge in [-0.25, -0.2) is 0 Å². The zero-order chi connectivity index (χ0) is 13.9. The molecule has 6 heteroatoms. The number of nitro benzene ring substituents is 1. The fourth-order valence-corrected chi connectivity index (χ4v) is 1.56. The van der Waals surface area contributed by atoms with Gasteiger partial charge in [0.15, 0.2) is 0 Å². The van der Waals surface area contributed by atoms with Crippen LogP contribution in [-0.4, -0.2) is 15.7 Å². The third-order valence-electron chi connectivity index (χ3n) is 2.71. The predicted molar refractivity (Wildman–Crippen MR) is 74.2 cm³/mol. The van der Waals surface area contributed by atoms with Gasteiger partial charge in [-0.1, -0.05) is 22.9 Å². The van der Waals surface area contributed by atoms with E-state index >= 15 is 0 Å². The molecular weight excluding hydrogens is 300 g/mol. The molecule has 0 spiro atoms.